The maximum atomic E-state index is 11.2. The molecule has 14 heavy (non-hydrogen) atoms. The zero-order valence-electron chi connectivity index (χ0n) is 8.48. The molecule has 0 bridgehead atoms. The molecule has 1 aromatic heterocycles. The van der Waals surface area contributed by atoms with Crippen LogP contribution < -0.4 is 5.73 Å². The molecule has 0 radical (unpaired) electrons. The first kappa shape index (κ1) is 10.7. The molecule has 5 heteroatoms. The van der Waals surface area contributed by atoms with Gasteiger partial charge in [-0.25, -0.2) is 4.98 Å². The van der Waals surface area contributed by atoms with Gasteiger partial charge in [-0.1, -0.05) is 13.8 Å². The Labute approximate surface area is 82.2 Å². The highest BCUT2D eigenvalue weighted by Gasteiger charge is 2.37. The molecular formula is C9H14N2O3. The molecule has 1 heterocycles. The number of oxazole rings is 1. The number of esters is 1. The summed E-state index contributed by atoms with van der Waals surface area (Å²) in [5.41, 5.74) is 5.11. The van der Waals surface area contributed by atoms with Crippen molar-refractivity contribution < 1.29 is 13.9 Å². The lowest BCUT2D eigenvalue weighted by atomic mass is 9.83. The molecule has 1 aromatic rings. The lowest BCUT2D eigenvalue weighted by molar-refractivity contribution is -0.143. The standard InChI is InChI=1S/C9H14N2O3/c1-9(2,6-4-11-5-14-6)7(10)8(12)13-3/h4-5,7H,10H2,1-3H3. The molecule has 5 nitrogen and oxygen atoms in total. The topological polar surface area (TPSA) is 78.4 Å². The SMILES string of the molecule is COC(=O)C(N)C(C)(C)c1cnco1. The van der Waals surface area contributed by atoms with Gasteiger partial charge in [0.1, 0.15) is 11.8 Å². The average Bonchev–Trinajstić information content (AvgIpc) is 2.68. The number of methoxy groups -OCH3 is 1. The van der Waals surface area contributed by atoms with Crippen molar-refractivity contribution in [1.29, 1.82) is 0 Å². The Morgan fingerprint density at radius 3 is 2.79 bits per heavy atom. The Morgan fingerprint density at radius 2 is 2.36 bits per heavy atom. The minimum atomic E-state index is -0.763. The van der Waals surface area contributed by atoms with Crippen molar-refractivity contribution in [2.24, 2.45) is 5.73 Å². The predicted molar refractivity (Wildman–Crippen MR) is 49.5 cm³/mol. The second kappa shape index (κ2) is 3.79. The van der Waals surface area contributed by atoms with Gasteiger partial charge in [0.05, 0.1) is 18.7 Å². The van der Waals surface area contributed by atoms with Crippen LogP contribution in [0, 0.1) is 0 Å². The van der Waals surface area contributed by atoms with E-state index < -0.39 is 17.4 Å². The minimum Gasteiger partial charge on any atom is -0.468 e. The van der Waals surface area contributed by atoms with Gasteiger partial charge in [-0.05, 0) is 0 Å². The summed E-state index contributed by atoms with van der Waals surface area (Å²) in [5.74, 6) is 0.0989. The zero-order valence-corrected chi connectivity index (χ0v) is 8.48. The molecule has 0 aromatic carbocycles. The molecule has 0 aliphatic carbocycles. The number of carbonyl (C=O) groups is 1. The molecule has 0 aliphatic rings. The Morgan fingerprint density at radius 1 is 1.71 bits per heavy atom. The van der Waals surface area contributed by atoms with Gasteiger partial charge >= 0.3 is 5.97 Å². The van der Waals surface area contributed by atoms with Crippen LogP contribution in [0.15, 0.2) is 17.0 Å². The molecule has 0 amide bonds. The van der Waals surface area contributed by atoms with Crippen molar-refractivity contribution in [3.8, 4) is 0 Å². The van der Waals surface area contributed by atoms with Gasteiger partial charge in [0.15, 0.2) is 6.39 Å². The van der Waals surface area contributed by atoms with Gasteiger partial charge in [0.2, 0.25) is 0 Å². The minimum absolute atomic E-state index is 0.466. The molecule has 0 saturated heterocycles. The maximum Gasteiger partial charge on any atom is 0.323 e. The summed E-state index contributed by atoms with van der Waals surface area (Å²) in [4.78, 5) is 15.0. The van der Waals surface area contributed by atoms with E-state index >= 15 is 0 Å². The van der Waals surface area contributed by atoms with E-state index in [1.807, 2.05) is 0 Å². The Kier molecular flexibility index (Phi) is 2.90. The van der Waals surface area contributed by atoms with Crippen molar-refractivity contribution in [2.45, 2.75) is 25.3 Å². The van der Waals surface area contributed by atoms with Crippen LogP contribution in [0.3, 0.4) is 0 Å². The average molecular weight is 198 g/mol. The van der Waals surface area contributed by atoms with Crippen LogP contribution in [0.4, 0.5) is 0 Å². The van der Waals surface area contributed by atoms with Crippen LogP contribution in [-0.2, 0) is 14.9 Å². The summed E-state index contributed by atoms with van der Waals surface area (Å²) < 4.78 is 9.69. The Bertz CT molecular complexity index is 306. The number of carbonyl (C=O) groups excluding carboxylic acids is 1. The number of nitrogens with two attached hydrogens (primary N) is 1. The molecule has 0 spiro atoms. The van der Waals surface area contributed by atoms with E-state index in [2.05, 4.69) is 9.72 Å². The van der Waals surface area contributed by atoms with Crippen LogP contribution in [0.5, 0.6) is 0 Å². The molecule has 0 aliphatic heterocycles. The van der Waals surface area contributed by atoms with Crippen molar-refractivity contribution >= 4 is 5.97 Å². The number of nitrogens with zero attached hydrogens (tertiary/aromatic N) is 1. The van der Waals surface area contributed by atoms with E-state index in [4.69, 9.17) is 10.2 Å². The molecule has 2 N–H and O–H groups in total. The van der Waals surface area contributed by atoms with Crippen LogP contribution in [0.25, 0.3) is 0 Å². The lowest BCUT2D eigenvalue weighted by Crippen LogP contribution is -2.47. The number of rotatable bonds is 3. The highest BCUT2D eigenvalue weighted by molar-refractivity contribution is 5.77. The van der Waals surface area contributed by atoms with Crippen molar-refractivity contribution in [3.63, 3.8) is 0 Å². The zero-order chi connectivity index (χ0) is 10.8. The third-order valence-electron chi connectivity index (χ3n) is 2.30. The molecule has 1 unspecified atom stereocenters. The second-order valence-corrected chi connectivity index (χ2v) is 3.59. The van der Waals surface area contributed by atoms with Gasteiger partial charge < -0.3 is 14.9 Å². The fraction of sp³-hybridized carbons (Fsp3) is 0.556. The molecule has 1 rings (SSSR count). The number of aromatic nitrogens is 1. The monoisotopic (exact) mass is 198 g/mol. The third-order valence-corrected chi connectivity index (χ3v) is 2.30. The molecule has 0 saturated carbocycles. The van der Waals surface area contributed by atoms with Gasteiger partial charge in [-0.15, -0.1) is 0 Å². The first-order valence-corrected chi connectivity index (χ1v) is 4.22. The molecule has 0 fully saturated rings. The van der Waals surface area contributed by atoms with E-state index in [-0.39, 0.29) is 0 Å². The first-order valence-electron chi connectivity index (χ1n) is 4.22. The van der Waals surface area contributed by atoms with Gasteiger partial charge in [-0.3, -0.25) is 4.79 Å². The maximum absolute atomic E-state index is 11.2. The number of ether oxygens (including phenoxy) is 1. The predicted octanol–water partition coefficient (Wildman–Crippen LogP) is 0.452. The van der Waals surface area contributed by atoms with Crippen molar-refractivity contribution in [1.82, 2.24) is 4.98 Å². The number of hydrogen-bond acceptors (Lipinski definition) is 5. The van der Waals surface area contributed by atoms with Crippen LogP contribution >= 0.6 is 0 Å². The Balaban J connectivity index is 2.90. The summed E-state index contributed by atoms with van der Waals surface area (Å²) >= 11 is 0. The van der Waals surface area contributed by atoms with E-state index in [1.54, 1.807) is 20.0 Å². The van der Waals surface area contributed by atoms with E-state index in [0.29, 0.717) is 5.76 Å². The van der Waals surface area contributed by atoms with Gasteiger partial charge in [0, 0.05) is 0 Å². The molecular weight excluding hydrogens is 184 g/mol. The molecule has 78 valence electrons. The highest BCUT2D eigenvalue weighted by atomic mass is 16.5. The largest absolute Gasteiger partial charge is 0.468 e. The van der Waals surface area contributed by atoms with Gasteiger partial charge in [0.25, 0.3) is 0 Å². The Hall–Kier alpha value is -1.36. The summed E-state index contributed by atoms with van der Waals surface area (Å²) in [5, 5.41) is 0. The number of hydrogen-bond donors (Lipinski definition) is 1. The van der Waals surface area contributed by atoms with Crippen molar-refractivity contribution in [3.05, 3.63) is 18.4 Å². The highest BCUT2D eigenvalue weighted by Crippen LogP contribution is 2.26. The van der Waals surface area contributed by atoms with E-state index in [1.165, 1.54) is 13.5 Å². The van der Waals surface area contributed by atoms with E-state index in [0.717, 1.165) is 0 Å². The normalized spacial score (nSPS) is 13.7. The second-order valence-electron chi connectivity index (χ2n) is 3.59. The van der Waals surface area contributed by atoms with Gasteiger partial charge in [-0.2, -0.15) is 0 Å². The summed E-state index contributed by atoms with van der Waals surface area (Å²) in [6, 6.07) is -0.763. The smallest absolute Gasteiger partial charge is 0.323 e. The summed E-state index contributed by atoms with van der Waals surface area (Å²) in [6.07, 6.45) is 2.85. The fourth-order valence-electron chi connectivity index (χ4n) is 1.11. The molecule has 1 atom stereocenters. The van der Waals surface area contributed by atoms with Crippen LogP contribution in [-0.4, -0.2) is 24.1 Å². The van der Waals surface area contributed by atoms with Crippen molar-refractivity contribution in [2.75, 3.05) is 7.11 Å². The summed E-state index contributed by atoms with van der Waals surface area (Å²) in [6.45, 7) is 3.60. The lowest BCUT2D eigenvalue weighted by Gasteiger charge is -2.26. The fourth-order valence-corrected chi connectivity index (χ4v) is 1.11. The first-order chi connectivity index (χ1) is 6.50. The van der Waals surface area contributed by atoms with Crippen LogP contribution in [0.2, 0.25) is 0 Å². The summed E-state index contributed by atoms with van der Waals surface area (Å²) in [7, 11) is 1.30. The van der Waals surface area contributed by atoms with E-state index in [9.17, 15) is 4.79 Å². The third kappa shape index (κ3) is 1.77. The quantitative estimate of drug-likeness (QED) is 0.713. The van der Waals surface area contributed by atoms with Crippen LogP contribution in [0.1, 0.15) is 19.6 Å².